The van der Waals surface area contributed by atoms with Gasteiger partial charge in [-0.1, -0.05) is 29.5 Å². The van der Waals surface area contributed by atoms with Gasteiger partial charge in [-0.05, 0) is 38.3 Å². The van der Waals surface area contributed by atoms with E-state index in [1.807, 2.05) is 13.0 Å². The van der Waals surface area contributed by atoms with E-state index < -0.39 is 0 Å². The Kier molecular flexibility index (Phi) is 3.61. The molecule has 0 amide bonds. The molecule has 0 radical (unpaired) electrons. The highest BCUT2D eigenvalue weighted by molar-refractivity contribution is 7.16. The third-order valence-corrected chi connectivity index (χ3v) is 5.16. The van der Waals surface area contributed by atoms with E-state index in [0.29, 0.717) is 17.5 Å². The summed E-state index contributed by atoms with van der Waals surface area (Å²) in [4.78, 5) is 19.9. The molecular formula is C17H18N4OS. The number of rotatable bonds is 4. The average Bonchev–Trinajstić information content (AvgIpc) is 2.87. The van der Waals surface area contributed by atoms with Gasteiger partial charge in [0, 0.05) is 17.8 Å². The number of aryl methyl sites for hydroxylation is 1. The predicted octanol–water partition coefficient (Wildman–Crippen LogP) is 3.02. The maximum Gasteiger partial charge on any atom is 0.275 e. The number of nitrogens with zero attached hydrogens (tertiary/aromatic N) is 4. The van der Waals surface area contributed by atoms with Crippen molar-refractivity contribution in [2.24, 2.45) is 0 Å². The molecule has 0 unspecified atom stereocenters. The van der Waals surface area contributed by atoms with Crippen molar-refractivity contribution >= 4 is 22.0 Å². The molecule has 1 aliphatic rings. The maximum absolute atomic E-state index is 12.2. The summed E-state index contributed by atoms with van der Waals surface area (Å²) in [5.41, 5.74) is 1.91. The Bertz CT molecular complexity index is 882. The lowest BCUT2D eigenvalue weighted by molar-refractivity contribution is 0.383. The number of fused-ring (bicyclic) bond motifs is 1. The third kappa shape index (κ3) is 2.74. The van der Waals surface area contributed by atoms with Crippen LogP contribution in [0.15, 0.2) is 41.2 Å². The van der Waals surface area contributed by atoms with Crippen molar-refractivity contribution in [2.45, 2.75) is 38.8 Å². The van der Waals surface area contributed by atoms with E-state index in [1.165, 1.54) is 40.8 Å². The standard InChI is InChI=1S/C17H18N4OS/c1-12-19-21-16(22)10-13(18-17(21)23-12)11-20(15-8-5-9-15)14-6-3-2-4-7-14/h2-4,6-7,10,15H,5,8-9,11H2,1H3. The van der Waals surface area contributed by atoms with E-state index in [9.17, 15) is 4.79 Å². The monoisotopic (exact) mass is 326 g/mol. The van der Waals surface area contributed by atoms with Crippen molar-refractivity contribution in [1.82, 2.24) is 14.6 Å². The first kappa shape index (κ1) is 14.4. The molecule has 0 saturated heterocycles. The molecule has 0 atom stereocenters. The molecule has 23 heavy (non-hydrogen) atoms. The smallest absolute Gasteiger partial charge is 0.275 e. The van der Waals surface area contributed by atoms with Crippen LogP contribution in [-0.4, -0.2) is 20.6 Å². The molecule has 4 rings (SSSR count). The van der Waals surface area contributed by atoms with Crippen molar-refractivity contribution in [3.8, 4) is 0 Å². The van der Waals surface area contributed by atoms with E-state index in [4.69, 9.17) is 0 Å². The molecule has 1 saturated carbocycles. The zero-order valence-electron chi connectivity index (χ0n) is 13.0. The van der Waals surface area contributed by atoms with Gasteiger partial charge in [-0.15, -0.1) is 0 Å². The summed E-state index contributed by atoms with van der Waals surface area (Å²) in [7, 11) is 0. The molecule has 6 heteroatoms. The van der Waals surface area contributed by atoms with Gasteiger partial charge in [0.05, 0.1) is 12.2 Å². The van der Waals surface area contributed by atoms with E-state index in [-0.39, 0.29) is 5.56 Å². The maximum atomic E-state index is 12.2. The Labute approximate surface area is 138 Å². The predicted molar refractivity (Wildman–Crippen MR) is 92.1 cm³/mol. The van der Waals surface area contributed by atoms with E-state index in [0.717, 1.165) is 10.7 Å². The molecule has 1 fully saturated rings. The lowest BCUT2D eigenvalue weighted by Gasteiger charge is -2.39. The molecule has 1 aliphatic carbocycles. The molecular weight excluding hydrogens is 308 g/mol. The minimum Gasteiger partial charge on any atom is -0.363 e. The summed E-state index contributed by atoms with van der Waals surface area (Å²) in [6.45, 7) is 2.56. The number of benzene rings is 1. The normalized spacial score (nSPS) is 14.8. The van der Waals surface area contributed by atoms with Crippen molar-refractivity contribution in [3.05, 3.63) is 57.5 Å². The first-order valence-corrected chi connectivity index (χ1v) is 8.70. The summed E-state index contributed by atoms with van der Waals surface area (Å²) in [5.74, 6) is 0. The van der Waals surface area contributed by atoms with Crippen molar-refractivity contribution in [2.75, 3.05) is 4.90 Å². The van der Waals surface area contributed by atoms with Gasteiger partial charge in [0.1, 0.15) is 5.01 Å². The number of para-hydroxylation sites is 1. The lowest BCUT2D eigenvalue weighted by atomic mass is 9.91. The molecule has 2 heterocycles. The Morgan fingerprint density at radius 3 is 2.78 bits per heavy atom. The van der Waals surface area contributed by atoms with Crippen LogP contribution >= 0.6 is 11.3 Å². The van der Waals surface area contributed by atoms with Crippen LogP contribution in [-0.2, 0) is 6.54 Å². The van der Waals surface area contributed by atoms with Gasteiger partial charge in [-0.3, -0.25) is 4.79 Å². The second-order valence-corrected chi connectivity index (χ2v) is 7.11. The fraction of sp³-hybridized carbons (Fsp3) is 0.353. The molecule has 0 aliphatic heterocycles. The van der Waals surface area contributed by atoms with Crippen LogP contribution in [0.5, 0.6) is 0 Å². The molecule has 2 aromatic heterocycles. The van der Waals surface area contributed by atoms with Gasteiger partial charge in [0.2, 0.25) is 4.96 Å². The highest BCUT2D eigenvalue weighted by atomic mass is 32.1. The third-order valence-electron chi connectivity index (χ3n) is 4.33. The molecule has 118 valence electrons. The lowest BCUT2D eigenvalue weighted by Crippen LogP contribution is -2.40. The van der Waals surface area contributed by atoms with Crippen LogP contribution in [0.2, 0.25) is 0 Å². The minimum absolute atomic E-state index is 0.101. The second kappa shape index (κ2) is 5.77. The molecule has 1 aromatic carbocycles. The van der Waals surface area contributed by atoms with E-state index in [2.05, 4.69) is 39.2 Å². The van der Waals surface area contributed by atoms with Crippen LogP contribution in [0.25, 0.3) is 4.96 Å². The highest BCUT2D eigenvalue weighted by Crippen LogP contribution is 2.30. The Morgan fingerprint density at radius 2 is 2.09 bits per heavy atom. The summed E-state index contributed by atoms with van der Waals surface area (Å²) < 4.78 is 1.39. The zero-order chi connectivity index (χ0) is 15.8. The Morgan fingerprint density at radius 1 is 1.30 bits per heavy atom. The summed E-state index contributed by atoms with van der Waals surface area (Å²) in [5, 5.41) is 5.05. The molecule has 3 aromatic rings. The molecule has 0 spiro atoms. The average molecular weight is 326 g/mol. The van der Waals surface area contributed by atoms with Crippen LogP contribution in [0, 0.1) is 6.92 Å². The quantitative estimate of drug-likeness (QED) is 0.739. The van der Waals surface area contributed by atoms with Crippen LogP contribution < -0.4 is 10.5 Å². The number of hydrogen-bond acceptors (Lipinski definition) is 5. The molecule has 0 bridgehead atoms. The van der Waals surface area contributed by atoms with Gasteiger partial charge in [-0.2, -0.15) is 9.61 Å². The van der Waals surface area contributed by atoms with Crippen molar-refractivity contribution in [3.63, 3.8) is 0 Å². The first-order chi connectivity index (χ1) is 11.2. The summed E-state index contributed by atoms with van der Waals surface area (Å²) in [6, 6.07) is 12.5. The Hall–Kier alpha value is -2.21. The Balaban J connectivity index is 1.70. The van der Waals surface area contributed by atoms with Gasteiger partial charge < -0.3 is 4.90 Å². The van der Waals surface area contributed by atoms with Crippen LogP contribution in [0.4, 0.5) is 5.69 Å². The van der Waals surface area contributed by atoms with Gasteiger partial charge in [0.15, 0.2) is 0 Å². The summed E-state index contributed by atoms with van der Waals surface area (Å²) in [6.07, 6.45) is 3.68. The molecule has 0 N–H and O–H groups in total. The van der Waals surface area contributed by atoms with Crippen LogP contribution in [0.3, 0.4) is 0 Å². The fourth-order valence-electron chi connectivity index (χ4n) is 2.96. The van der Waals surface area contributed by atoms with Crippen LogP contribution in [0.1, 0.15) is 30.0 Å². The summed E-state index contributed by atoms with van der Waals surface area (Å²) >= 11 is 1.45. The number of aromatic nitrogens is 3. The number of hydrogen-bond donors (Lipinski definition) is 0. The van der Waals surface area contributed by atoms with Gasteiger partial charge in [-0.25, -0.2) is 4.98 Å². The van der Waals surface area contributed by atoms with E-state index >= 15 is 0 Å². The fourth-order valence-corrected chi connectivity index (χ4v) is 3.72. The highest BCUT2D eigenvalue weighted by Gasteiger charge is 2.26. The van der Waals surface area contributed by atoms with Crippen molar-refractivity contribution in [1.29, 1.82) is 0 Å². The largest absolute Gasteiger partial charge is 0.363 e. The zero-order valence-corrected chi connectivity index (χ0v) is 13.8. The van der Waals surface area contributed by atoms with E-state index in [1.54, 1.807) is 6.07 Å². The first-order valence-electron chi connectivity index (χ1n) is 7.89. The van der Waals surface area contributed by atoms with Crippen molar-refractivity contribution < 1.29 is 0 Å². The molecule has 5 nitrogen and oxygen atoms in total. The van der Waals surface area contributed by atoms with Gasteiger partial charge >= 0.3 is 0 Å². The van der Waals surface area contributed by atoms with Gasteiger partial charge in [0.25, 0.3) is 5.56 Å². The minimum atomic E-state index is -0.101. The number of anilines is 1. The SMILES string of the molecule is Cc1nn2c(=O)cc(CN(c3ccccc3)C3CCC3)nc2s1. The second-order valence-electron chi connectivity index (χ2n) is 5.95. The topological polar surface area (TPSA) is 50.5 Å².